The molecule has 3 unspecified atom stereocenters. The largest absolute Gasteiger partial charge is 0.310 e. The van der Waals surface area contributed by atoms with Crippen molar-refractivity contribution in [2.45, 2.75) is 30.6 Å². The minimum Gasteiger partial charge on any atom is -0.310 e. The molecule has 9 aromatic rings. The van der Waals surface area contributed by atoms with E-state index in [1.807, 2.05) is 11.3 Å². The van der Waals surface area contributed by atoms with E-state index in [-0.39, 0.29) is 5.41 Å². The molecular formula is C62H45NS. The van der Waals surface area contributed by atoms with Crippen molar-refractivity contribution >= 4 is 28.4 Å². The Hall–Kier alpha value is -7.26. The molecule has 8 aromatic carbocycles. The summed E-state index contributed by atoms with van der Waals surface area (Å²) < 4.78 is 0. The average molecular weight is 836 g/mol. The molecule has 2 heteroatoms. The van der Waals surface area contributed by atoms with Crippen molar-refractivity contribution in [3.8, 4) is 54.3 Å². The highest BCUT2D eigenvalue weighted by Crippen LogP contribution is 2.69. The molecule has 0 bridgehead atoms. The quantitative estimate of drug-likeness (QED) is 0.161. The summed E-state index contributed by atoms with van der Waals surface area (Å²) in [6.45, 7) is 4.87. The van der Waals surface area contributed by atoms with Crippen LogP contribution in [0.1, 0.15) is 53.1 Å². The van der Waals surface area contributed by atoms with Gasteiger partial charge in [-0.05, 0) is 108 Å². The van der Waals surface area contributed by atoms with E-state index in [0.717, 1.165) is 5.69 Å². The predicted molar refractivity (Wildman–Crippen MR) is 269 cm³/mol. The maximum absolute atomic E-state index is 2.55. The molecule has 3 atom stereocenters. The van der Waals surface area contributed by atoms with Crippen LogP contribution in [-0.2, 0) is 10.8 Å². The molecule has 1 spiro atoms. The van der Waals surface area contributed by atoms with Gasteiger partial charge in [-0.2, -0.15) is 0 Å². The SMILES string of the molecule is CC1(C)c2cc(N(c3ccc(-c4ccccc4)cc3)c3cccc4c3-c3ccccc3C43c4ccccc4-c4c(-c5ccccc5)sc(-c5ccccc5)c43)ccc2C2C=CC=CC21. The second kappa shape index (κ2) is 14.1. The normalized spacial score (nSPS) is 18.8. The van der Waals surface area contributed by atoms with Gasteiger partial charge in [-0.1, -0.05) is 208 Å². The van der Waals surface area contributed by atoms with Gasteiger partial charge in [0.15, 0.2) is 0 Å². The minimum absolute atomic E-state index is 0.0252. The molecule has 0 saturated carbocycles. The predicted octanol–water partition coefficient (Wildman–Crippen LogP) is 16.7. The van der Waals surface area contributed by atoms with Crippen LogP contribution in [-0.4, -0.2) is 0 Å². The molecule has 1 nitrogen and oxygen atoms in total. The molecule has 0 saturated heterocycles. The molecule has 1 aromatic heterocycles. The molecule has 4 aliphatic carbocycles. The van der Waals surface area contributed by atoms with Crippen LogP contribution >= 0.6 is 11.3 Å². The van der Waals surface area contributed by atoms with Crippen LogP contribution in [0.25, 0.3) is 54.3 Å². The number of nitrogens with zero attached hydrogens (tertiary/aromatic N) is 1. The van der Waals surface area contributed by atoms with Crippen molar-refractivity contribution in [3.05, 3.63) is 258 Å². The average Bonchev–Trinajstić information content (AvgIpc) is 4.06. The lowest BCUT2D eigenvalue weighted by atomic mass is 9.70. The van der Waals surface area contributed by atoms with Gasteiger partial charge >= 0.3 is 0 Å². The monoisotopic (exact) mass is 835 g/mol. The van der Waals surface area contributed by atoms with Gasteiger partial charge in [-0.3, -0.25) is 0 Å². The lowest BCUT2D eigenvalue weighted by molar-refractivity contribution is 0.394. The fourth-order valence-electron chi connectivity index (χ4n) is 12.0. The van der Waals surface area contributed by atoms with Gasteiger partial charge in [0.2, 0.25) is 0 Å². The fourth-order valence-corrected chi connectivity index (χ4v) is 13.4. The van der Waals surface area contributed by atoms with Gasteiger partial charge in [0.25, 0.3) is 0 Å². The van der Waals surface area contributed by atoms with Crippen LogP contribution < -0.4 is 4.90 Å². The van der Waals surface area contributed by atoms with Crippen molar-refractivity contribution in [2.75, 3.05) is 4.90 Å². The molecule has 1 heterocycles. The summed E-state index contributed by atoms with van der Waals surface area (Å²) in [6, 6.07) is 75.1. The first-order valence-electron chi connectivity index (χ1n) is 22.6. The molecule has 0 radical (unpaired) electrons. The zero-order chi connectivity index (χ0) is 42.6. The maximum Gasteiger partial charge on any atom is 0.0740 e. The lowest BCUT2D eigenvalue weighted by Crippen LogP contribution is -2.26. The van der Waals surface area contributed by atoms with Gasteiger partial charge in [0.05, 0.1) is 11.1 Å². The third-order valence-electron chi connectivity index (χ3n) is 14.8. The zero-order valence-corrected chi connectivity index (χ0v) is 36.7. The highest BCUT2D eigenvalue weighted by Gasteiger charge is 2.55. The third kappa shape index (κ3) is 5.18. The Bertz CT molecular complexity index is 3350. The van der Waals surface area contributed by atoms with Gasteiger partial charge in [-0.15, -0.1) is 11.3 Å². The van der Waals surface area contributed by atoms with E-state index in [1.165, 1.54) is 99.0 Å². The number of anilines is 3. The molecule has 304 valence electrons. The second-order valence-electron chi connectivity index (χ2n) is 18.3. The van der Waals surface area contributed by atoms with Crippen LogP contribution in [0.5, 0.6) is 0 Å². The Kier molecular flexibility index (Phi) is 8.23. The van der Waals surface area contributed by atoms with Crippen molar-refractivity contribution in [3.63, 3.8) is 0 Å². The van der Waals surface area contributed by atoms with Gasteiger partial charge in [0, 0.05) is 38.2 Å². The first-order valence-corrected chi connectivity index (χ1v) is 23.4. The maximum atomic E-state index is 2.55. The summed E-state index contributed by atoms with van der Waals surface area (Å²) in [5.74, 6) is 0.813. The smallest absolute Gasteiger partial charge is 0.0740 e. The van der Waals surface area contributed by atoms with Gasteiger partial charge in [-0.25, -0.2) is 0 Å². The topological polar surface area (TPSA) is 3.24 Å². The summed E-state index contributed by atoms with van der Waals surface area (Å²) in [7, 11) is 0. The molecule has 13 rings (SSSR count). The number of hydrogen-bond donors (Lipinski definition) is 0. The molecule has 0 fully saturated rings. The molecule has 0 amide bonds. The van der Waals surface area contributed by atoms with Crippen LogP contribution in [0.15, 0.2) is 224 Å². The highest BCUT2D eigenvalue weighted by molar-refractivity contribution is 7.19. The van der Waals surface area contributed by atoms with Crippen molar-refractivity contribution < 1.29 is 0 Å². The summed E-state index contributed by atoms with van der Waals surface area (Å²) >= 11 is 1.95. The number of hydrogen-bond acceptors (Lipinski definition) is 2. The molecule has 4 aliphatic rings. The lowest BCUT2D eigenvalue weighted by Gasteiger charge is -2.33. The molecule has 0 N–H and O–H groups in total. The van der Waals surface area contributed by atoms with E-state index < -0.39 is 5.41 Å². The van der Waals surface area contributed by atoms with E-state index in [4.69, 9.17) is 0 Å². The van der Waals surface area contributed by atoms with Gasteiger partial charge < -0.3 is 4.90 Å². The Morgan fingerprint density at radius 1 is 0.438 bits per heavy atom. The number of thiophene rings is 1. The number of allylic oxidation sites excluding steroid dienone is 4. The zero-order valence-electron chi connectivity index (χ0n) is 35.9. The Morgan fingerprint density at radius 2 is 0.984 bits per heavy atom. The van der Waals surface area contributed by atoms with Crippen molar-refractivity contribution in [1.29, 1.82) is 0 Å². The van der Waals surface area contributed by atoms with E-state index in [2.05, 4.69) is 243 Å². The number of rotatable bonds is 6. The van der Waals surface area contributed by atoms with Crippen LogP contribution in [0.2, 0.25) is 0 Å². The Labute approximate surface area is 380 Å². The van der Waals surface area contributed by atoms with E-state index in [9.17, 15) is 0 Å². The van der Waals surface area contributed by atoms with E-state index >= 15 is 0 Å². The molecule has 0 aliphatic heterocycles. The first-order chi connectivity index (χ1) is 31.5. The standard InChI is InChI=1S/C62H45NS/c1-61(2)50-28-15-12-25-46(50)47-38-37-45(39-54(47)61)63(44-35-33-41(34-36-44)40-19-6-3-7-20-40)55-32-18-31-53-56(55)48-26-13-16-29-51(48)62(53)52-30-17-14-27-49(52)57-58(62)60(43-23-10-5-11-24-43)64-59(57)42-21-8-4-9-22-42/h3-39,46,50H,1-2H3. The summed E-state index contributed by atoms with van der Waals surface area (Å²) in [4.78, 5) is 5.21. The highest BCUT2D eigenvalue weighted by atomic mass is 32.1. The second-order valence-corrected chi connectivity index (χ2v) is 19.4. The Morgan fingerprint density at radius 3 is 1.67 bits per heavy atom. The summed E-state index contributed by atoms with van der Waals surface area (Å²) in [5.41, 5.74) is 21.4. The third-order valence-corrected chi connectivity index (χ3v) is 16.1. The van der Waals surface area contributed by atoms with Crippen molar-refractivity contribution in [2.24, 2.45) is 5.92 Å². The van der Waals surface area contributed by atoms with E-state index in [1.54, 1.807) is 0 Å². The van der Waals surface area contributed by atoms with E-state index in [0.29, 0.717) is 11.8 Å². The number of benzene rings is 8. The summed E-state index contributed by atoms with van der Waals surface area (Å²) in [5, 5.41) is 0. The molecular weight excluding hydrogens is 791 g/mol. The van der Waals surface area contributed by atoms with Crippen LogP contribution in [0.3, 0.4) is 0 Å². The molecule has 64 heavy (non-hydrogen) atoms. The summed E-state index contributed by atoms with van der Waals surface area (Å²) in [6.07, 6.45) is 9.30. The van der Waals surface area contributed by atoms with Gasteiger partial charge in [0.1, 0.15) is 0 Å². The Balaban J connectivity index is 1.10. The minimum atomic E-state index is -0.542. The number of fused-ring (bicyclic) bond motifs is 13. The fraction of sp³-hybridized carbons (Fsp3) is 0.0968. The van der Waals surface area contributed by atoms with Crippen LogP contribution in [0, 0.1) is 5.92 Å². The van der Waals surface area contributed by atoms with Crippen LogP contribution in [0.4, 0.5) is 17.1 Å². The first kappa shape index (κ1) is 37.3. The van der Waals surface area contributed by atoms with Crippen molar-refractivity contribution in [1.82, 2.24) is 0 Å².